The topological polar surface area (TPSA) is 93.2 Å². The van der Waals surface area contributed by atoms with Gasteiger partial charge in [-0.25, -0.2) is 4.79 Å². The highest BCUT2D eigenvalue weighted by molar-refractivity contribution is 5.85. The number of nitrogens with zero attached hydrogens (tertiary/aromatic N) is 1. The van der Waals surface area contributed by atoms with Gasteiger partial charge in [0.15, 0.2) is 0 Å². The zero-order valence-electron chi connectivity index (χ0n) is 7.73. The molecule has 0 saturated heterocycles. The Bertz CT molecular complexity index is 253. The Morgan fingerprint density at radius 1 is 1.43 bits per heavy atom. The number of ether oxygens (including phenoxy) is 1. The molecule has 0 fully saturated rings. The van der Waals surface area contributed by atoms with E-state index in [4.69, 9.17) is 5.26 Å². The van der Waals surface area contributed by atoms with Crippen LogP contribution in [-0.4, -0.2) is 18.5 Å². The lowest BCUT2D eigenvalue weighted by atomic mass is 10.5. The van der Waals surface area contributed by atoms with E-state index in [2.05, 4.69) is 23.6 Å². The van der Waals surface area contributed by atoms with Crippen molar-refractivity contribution in [3.63, 3.8) is 0 Å². The van der Waals surface area contributed by atoms with Crippen LogP contribution in [0.15, 0.2) is 25.3 Å². The van der Waals surface area contributed by atoms with Crippen LogP contribution in [0.3, 0.4) is 0 Å². The molecule has 0 radical (unpaired) electrons. The van der Waals surface area contributed by atoms with Gasteiger partial charge < -0.3 is 10.5 Å². The van der Waals surface area contributed by atoms with Gasteiger partial charge in [-0.1, -0.05) is 13.2 Å². The number of hydrogen-bond donors (Lipinski definition) is 1. The van der Waals surface area contributed by atoms with Gasteiger partial charge in [-0.15, -0.1) is 0 Å². The van der Waals surface area contributed by atoms with Crippen molar-refractivity contribution < 1.29 is 14.3 Å². The Kier molecular flexibility index (Phi) is 11.2. The van der Waals surface area contributed by atoms with Crippen LogP contribution in [0.1, 0.15) is 6.42 Å². The molecular formula is C9H12N2O3. The van der Waals surface area contributed by atoms with Crippen molar-refractivity contribution >= 4 is 11.9 Å². The molecule has 0 aromatic rings. The number of amides is 1. The summed E-state index contributed by atoms with van der Waals surface area (Å²) in [6, 6.07) is 1.84. The lowest BCUT2D eigenvalue weighted by Gasteiger charge is -1.93. The summed E-state index contributed by atoms with van der Waals surface area (Å²) in [5.74, 6) is -0.963. The third kappa shape index (κ3) is 16.5. The van der Waals surface area contributed by atoms with Crippen molar-refractivity contribution in [1.29, 1.82) is 5.26 Å². The highest BCUT2D eigenvalue weighted by atomic mass is 16.5. The summed E-state index contributed by atoms with van der Waals surface area (Å²) < 4.78 is 4.45. The Morgan fingerprint density at radius 3 is 2.21 bits per heavy atom. The highest BCUT2D eigenvalue weighted by Gasteiger charge is 1.91. The van der Waals surface area contributed by atoms with E-state index < -0.39 is 11.9 Å². The van der Waals surface area contributed by atoms with Gasteiger partial charge in [0.25, 0.3) is 0 Å². The van der Waals surface area contributed by atoms with Crippen LogP contribution < -0.4 is 5.73 Å². The van der Waals surface area contributed by atoms with Crippen LogP contribution in [0.25, 0.3) is 0 Å². The van der Waals surface area contributed by atoms with Crippen molar-refractivity contribution in [3.8, 4) is 6.07 Å². The second-order valence-corrected chi connectivity index (χ2v) is 1.89. The smallest absolute Gasteiger partial charge is 0.330 e. The fraction of sp³-hybridized carbons (Fsp3) is 0.222. The molecule has 1 amide bonds. The molecule has 0 unspecified atom stereocenters. The second-order valence-electron chi connectivity index (χ2n) is 1.89. The van der Waals surface area contributed by atoms with Crippen LogP contribution in [0.4, 0.5) is 0 Å². The molecule has 76 valence electrons. The van der Waals surface area contributed by atoms with E-state index >= 15 is 0 Å². The first-order valence-corrected chi connectivity index (χ1v) is 3.66. The zero-order chi connectivity index (χ0) is 11.4. The normalized spacial score (nSPS) is 7.07. The monoisotopic (exact) mass is 196 g/mol. The molecule has 0 bridgehead atoms. The summed E-state index contributed by atoms with van der Waals surface area (Å²) in [5, 5.41) is 7.98. The first-order valence-electron chi connectivity index (χ1n) is 3.66. The lowest BCUT2D eigenvalue weighted by Crippen LogP contribution is -2.04. The van der Waals surface area contributed by atoms with E-state index in [1.807, 2.05) is 6.07 Å². The molecular weight excluding hydrogens is 184 g/mol. The third-order valence-corrected chi connectivity index (χ3v) is 0.826. The number of esters is 1. The molecule has 0 aromatic carbocycles. The average molecular weight is 196 g/mol. The molecule has 0 heterocycles. The summed E-state index contributed by atoms with van der Waals surface area (Å²) in [7, 11) is 0. The molecule has 0 spiro atoms. The minimum absolute atomic E-state index is 0.154. The second kappa shape index (κ2) is 10.9. The molecule has 2 N–H and O–H groups in total. The Hall–Kier alpha value is -2.09. The van der Waals surface area contributed by atoms with Gasteiger partial charge in [0.2, 0.25) is 5.91 Å². The standard InChI is InChI=1S/C6H7NO2.C3H5NO/c1-2-6(8)9-5-3-4-7;1-2-3(4)5/h2H,1,3,5H2;2H,1H2,(H2,4,5). The van der Waals surface area contributed by atoms with Gasteiger partial charge in [-0.3, -0.25) is 4.79 Å². The molecule has 0 aromatic heterocycles. The Balaban J connectivity index is 0. The molecule has 0 saturated carbocycles. The number of rotatable bonds is 4. The van der Waals surface area contributed by atoms with Gasteiger partial charge in [-0.05, 0) is 6.08 Å². The zero-order valence-corrected chi connectivity index (χ0v) is 7.73. The molecule has 0 atom stereocenters. The number of carbonyl (C=O) groups is 2. The summed E-state index contributed by atoms with van der Waals surface area (Å²) >= 11 is 0. The minimum atomic E-state index is -0.481. The van der Waals surface area contributed by atoms with Gasteiger partial charge in [0.1, 0.15) is 6.61 Å². The fourth-order valence-electron chi connectivity index (χ4n) is 0.256. The van der Waals surface area contributed by atoms with Crippen LogP contribution >= 0.6 is 0 Å². The predicted octanol–water partition coefficient (Wildman–Crippen LogP) is 0.287. The molecule has 14 heavy (non-hydrogen) atoms. The van der Waals surface area contributed by atoms with Crippen molar-refractivity contribution in [2.24, 2.45) is 5.73 Å². The number of carbonyl (C=O) groups excluding carboxylic acids is 2. The first kappa shape index (κ1) is 14.4. The maximum Gasteiger partial charge on any atom is 0.330 e. The van der Waals surface area contributed by atoms with Crippen LogP contribution in [0.2, 0.25) is 0 Å². The van der Waals surface area contributed by atoms with Crippen molar-refractivity contribution in [2.75, 3.05) is 6.61 Å². The third-order valence-electron chi connectivity index (χ3n) is 0.826. The fourth-order valence-corrected chi connectivity index (χ4v) is 0.256. The van der Waals surface area contributed by atoms with E-state index in [0.29, 0.717) is 0 Å². The van der Waals surface area contributed by atoms with E-state index in [1.54, 1.807) is 0 Å². The van der Waals surface area contributed by atoms with Gasteiger partial charge in [-0.2, -0.15) is 5.26 Å². The molecule has 5 nitrogen and oxygen atoms in total. The molecule has 0 rings (SSSR count). The summed E-state index contributed by atoms with van der Waals surface area (Å²) in [6.07, 6.45) is 2.36. The molecule has 5 heteroatoms. The Morgan fingerprint density at radius 2 is 1.93 bits per heavy atom. The SMILES string of the molecule is C=CC(=O)OCCC#N.C=CC(N)=O. The summed E-state index contributed by atoms with van der Waals surface area (Å²) in [4.78, 5) is 19.7. The van der Waals surface area contributed by atoms with Crippen molar-refractivity contribution in [3.05, 3.63) is 25.3 Å². The first-order chi connectivity index (χ1) is 6.58. The lowest BCUT2D eigenvalue weighted by molar-refractivity contribution is -0.137. The van der Waals surface area contributed by atoms with E-state index in [-0.39, 0.29) is 13.0 Å². The van der Waals surface area contributed by atoms with E-state index in [9.17, 15) is 9.59 Å². The molecule has 0 aliphatic heterocycles. The maximum absolute atomic E-state index is 10.2. The number of hydrogen-bond acceptors (Lipinski definition) is 4. The van der Waals surface area contributed by atoms with Crippen molar-refractivity contribution in [1.82, 2.24) is 0 Å². The highest BCUT2D eigenvalue weighted by Crippen LogP contribution is 1.81. The average Bonchev–Trinajstić information content (AvgIpc) is 2.19. The number of primary amides is 1. The minimum Gasteiger partial charge on any atom is -0.461 e. The van der Waals surface area contributed by atoms with Gasteiger partial charge in [0.05, 0.1) is 12.5 Å². The number of nitrogens with two attached hydrogens (primary N) is 1. The van der Waals surface area contributed by atoms with Gasteiger partial charge in [0, 0.05) is 6.08 Å². The molecule has 0 aliphatic rings. The maximum atomic E-state index is 10.2. The van der Waals surface area contributed by atoms with Crippen molar-refractivity contribution in [2.45, 2.75) is 6.42 Å². The quantitative estimate of drug-likeness (QED) is 0.397. The van der Waals surface area contributed by atoms with E-state index in [1.165, 1.54) is 0 Å². The number of nitriles is 1. The van der Waals surface area contributed by atoms with Crippen LogP contribution in [0, 0.1) is 11.3 Å². The summed E-state index contributed by atoms with van der Waals surface area (Å²) in [5.41, 5.74) is 4.53. The Labute approximate surface area is 82.5 Å². The van der Waals surface area contributed by atoms with E-state index in [0.717, 1.165) is 12.2 Å². The molecule has 0 aliphatic carbocycles. The summed E-state index contributed by atoms with van der Waals surface area (Å²) in [6.45, 7) is 6.42. The predicted molar refractivity (Wildman–Crippen MR) is 50.8 cm³/mol. The largest absolute Gasteiger partial charge is 0.461 e. The van der Waals surface area contributed by atoms with Gasteiger partial charge >= 0.3 is 5.97 Å². The van der Waals surface area contributed by atoms with Crippen LogP contribution in [0.5, 0.6) is 0 Å². The van der Waals surface area contributed by atoms with Crippen LogP contribution in [-0.2, 0) is 14.3 Å².